The normalized spacial score (nSPS) is 13.0. The minimum absolute atomic E-state index is 0.175. The third kappa shape index (κ3) is 4.85. The number of aromatic nitrogens is 4. The molecule has 0 amide bonds. The Morgan fingerprint density at radius 3 is 2.09 bits per heavy atom. The topological polar surface area (TPSA) is 56.7 Å². The quantitative estimate of drug-likeness (QED) is 0.179. The number of furan rings is 1. The first-order chi connectivity index (χ1) is 21.7. The maximum Gasteiger partial charge on any atom is 0.161 e. The average Bonchev–Trinajstić information content (AvgIpc) is 3.58. The number of hydrogen-bond acceptors (Lipinski definition) is 4. The summed E-state index contributed by atoms with van der Waals surface area (Å²) in [6.45, 7) is 23.0. The molecule has 0 N–H and O–H groups in total. The van der Waals surface area contributed by atoms with Crippen molar-refractivity contribution in [2.45, 2.75) is 85.4 Å². The van der Waals surface area contributed by atoms with E-state index in [0.29, 0.717) is 11.8 Å². The second-order valence-electron chi connectivity index (χ2n) is 15.4. The summed E-state index contributed by atoms with van der Waals surface area (Å²) in [4.78, 5) is 15.1. The van der Waals surface area contributed by atoms with Crippen LogP contribution in [0.5, 0.6) is 0 Å². The molecule has 234 valence electrons. The highest BCUT2D eigenvalue weighted by Crippen LogP contribution is 2.42. The number of para-hydroxylation sites is 3. The van der Waals surface area contributed by atoms with Gasteiger partial charge in [0.25, 0.3) is 0 Å². The summed E-state index contributed by atoms with van der Waals surface area (Å²) in [6.07, 6.45) is 1.92. The fourth-order valence-electron chi connectivity index (χ4n) is 6.57. The van der Waals surface area contributed by atoms with Gasteiger partial charge in [0.05, 0.1) is 30.4 Å². The third-order valence-corrected chi connectivity index (χ3v) is 11.2. The summed E-state index contributed by atoms with van der Waals surface area (Å²) in [7, 11) is -1.57. The average molecular weight is 625 g/mol. The zero-order valence-corrected chi connectivity index (χ0v) is 29.8. The predicted octanol–water partition coefficient (Wildman–Crippen LogP) is 10.6. The van der Waals surface area contributed by atoms with E-state index in [1.165, 1.54) is 22.0 Å². The van der Waals surface area contributed by atoms with E-state index in [9.17, 15) is 0 Å². The van der Waals surface area contributed by atoms with E-state index >= 15 is 0 Å². The van der Waals surface area contributed by atoms with Crippen molar-refractivity contribution in [2.75, 3.05) is 0 Å². The van der Waals surface area contributed by atoms with Crippen LogP contribution in [0.1, 0.15) is 77.3 Å². The van der Waals surface area contributed by atoms with E-state index in [0.717, 1.165) is 61.1 Å². The maximum atomic E-state index is 6.89. The van der Waals surface area contributed by atoms with Gasteiger partial charge in [-0.15, -0.1) is 0 Å². The molecule has 0 bridgehead atoms. The molecule has 3 aromatic heterocycles. The van der Waals surface area contributed by atoms with Gasteiger partial charge in [-0.05, 0) is 47.2 Å². The van der Waals surface area contributed by atoms with Crippen molar-refractivity contribution in [3.8, 4) is 17.1 Å². The smallest absolute Gasteiger partial charge is 0.161 e. The lowest BCUT2D eigenvalue weighted by Crippen LogP contribution is -2.38. The minimum atomic E-state index is -1.57. The van der Waals surface area contributed by atoms with Gasteiger partial charge in [-0.2, -0.15) is 0 Å². The number of fused-ring (bicyclic) bond motifs is 6. The van der Waals surface area contributed by atoms with E-state index in [2.05, 4.69) is 144 Å². The SMILES string of the molecule is CC(C)c1cc([Si](C)(C)C)cc(C(C)C)c1-n1c(-c2cccc3c2oc2c3ccc3cnc(C(C)(C)C)nc32)nc2ccccc21. The molecular weight excluding hydrogens is 581 g/mol. The van der Waals surface area contributed by atoms with Crippen LogP contribution in [0.2, 0.25) is 19.6 Å². The van der Waals surface area contributed by atoms with Crippen molar-refractivity contribution in [3.63, 3.8) is 0 Å². The second kappa shape index (κ2) is 10.6. The minimum Gasteiger partial charge on any atom is -0.453 e. The van der Waals surface area contributed by atoms with Crippen LogP contribution in [0.25, 0.3) is 61.0 Å². The third-order valence-electron chi connectivity index (χ3n) is 9.19. The molecule has 0 unspecified atom stereocenters. The van der Waals surface area contributed by atoms with Gasteiger partial charge >= 0.3 is 0 Å². The summed E-state index contributed by atoms with van der Waals surface area (Å²) in [5.74, 6) is 2.37. The maximum absolute atomic E-state index is 6.89. The molecule has 4 aromatic carbocycles. The zero-order chi connectivity index (χ0) is 32.7. The largest absolute Gasteiger partial charge is 0.453 e. The van der Waals surface area contributed by atoms with Crippen LogP contribution in [-0.4, -0.2) is 27.6 Å². The van der Waals surface area contributed by atoms with Crippen LogP contribution in [0, 0.1) is 0 Å². The highest BCUT2D eigenvalue weighted by atomic mass is 28.3. The van der Waals surface area contributed by atoms with Gasteiger partial charge in [-0.25, -0.2) is 15.0 Å². The lowest BCUT2D eigenvalue weighted by molar-refractivity contribution is 0.548. The van der Waals surface area contributed by atoms with Crippen molar-refractivity contribution in [1.29, 1.82) is 0 Å². The molecule has 0 saturated carbocycles. The van der Waals surface area contributed by atoms with Crippen LogP contribution >= 0.6 is 0 Å². The molecule has 7 rings (SSSR count). The van der Waals surface area contributed by atoms with E-state index in [4.69, 9.17) is 14.4 Å². The monoisotopic (exact) mass is 624 g/mol. The first-order valence-electron chi connectivity index (χ1n) is 16.5. The number of hydrogen-bond donors (Lipinski definition) is 0. The van der Waals surface area contributed by atoms with Crippen LogP contribution in [0.3, 0.4) is 0 Å². The van der Waals surface area contributed by atoms with E-state index < -0.39 is 8.07 Å². The van der Waals surface area contributed by atoms with Crippen molar-refractivity contribution >= 4 is 57.1 Å². The van der Waals surface area contributed by atoms with E-state index in [1.54, 1.807) is 0 Å². The van der Waals surface area contributed by atoms with Gasteiger partial charge in [-0.3, -0.25) is 4.57 Å². The van der Waals surface area contributed by atoms with Crippen LogP contribution in [0.4, 0.5) is 0 Å². The molecule has 0 aliphatic heterocycles. The molecule has 0 saturated heterocycles. The molecular formula is C40H44N4OSi. The molecule has 0 aliphatic rings. The summed E-state index contributed by atoms with van der Waals surface area (Å²) in [6, 6.07) is 24.1. The summed E-state index contributed by atoms with van der Waals surface area (Å²) in [5.41, 5.74) is 9.31. The second-order valence-corrected chi connectivity index (χ2v) is 20.5. The zero-order valence-electron chi connectivity index (χ0n) is 28.8. The van der Waals surface area contributed by atoms with Crippen LogP contribution < -0.4 is 5.19 Å². The molecule has 0 aliphatic carbocycles. The molecule has 3 heterocycles. The lowest BCUT2D eigenvalue weighted by Gasteiger charge is -2.27. The molecule has 0 spiro atoms. The van der Waals surface area contributed by atoms with Crippen LogP contribution in [-0.2, 0) is 5.41 Å². The fourth-order valence-corrected chi connectivity index (χ4v) is 7.75. The molecule has 6 heteroatoms. The van der Waals surface area contributed by atoms with E-state index in [1.807, 2.05) is 6.20 Å². The Balaban J connectivity index is 1.59. The molecule has 7 aromatic rings. The summed E-state index contributed by atoms with van der Waals surface area (Å²) >= 11 is 0. The fraction of sp³-hybridized carbons (Fsp3) is 0.325. The van der Waals surface area contributed by atoms with Crippen molar-refractivity contribution in [2.24, 2.45) is 0 Å². The highest BCUT2D eigenvalue weighted by molar-refractivity contribution is 6.88. The number of nitrogens with zero attached hydrogens (tertiary/aromatic N) is 4. The Bertz CT molecular complexity index is 2260. The van der Waals surface area contributed by atoms with Gasteiger partial charge in [0, 0.05) is 27.8 Å². The van der Waals surface area contributed by atoms with Gasteiger partial charge in [-0.1, -0.05) is 116 Å². The number of imidazole rings is 1. The lowest BCUT2D eigenvalue weighted by atomic mass is 9.92. The Morgan fingerprint density at radius 1 is 0.761 bits per heavy atom. The molecule has 0 radical (unpaired) electrons. The standard InChI is InChI=1S/C40H44N4OSi/c1-23(2)30-20-26(46(8,9)10)21-31(24(3)4)35(30)44-33-17-12-11-16-32(33)42-38(44)29-15-13-14-27-28-19-18-25-22-41-39(40(5,6)7)43-34(25)37(28)45-36(27)29/h11-24H,1-10H3. The Labute approximate surface area is 272 Å². The highest BCUT2D eigenvalue weighted by Gasteiger charge is 2.28. The molecule has 0 atom stereocenters. The van der Waals surface area contributed by atoms with Gasteiger partial charge in [0.1, 0.15) is 22.7 Å². The van der Waals surface area contributed by atoms with Gasteiger partial charge < -0.3 is 4.42 Å². The number of benzene rings is 4. The summed E-state index contributed by atoms with van der Waals surface area (Å²) in [5, 5.41) is 4.58. The first-order valence-corrected chi connectivity index (χ1v) is 20.0. The first kappa shape index (κ1) is 30.4. The van der Waals surface area contributed by atoms with Crippen molar-refractivity contribution in [1.82, 2.24) is 19.5 Å². The van der Waals surface area contributed by atoms with Gasteiger partial charge in [0.2, 0.25) is 0 Å². The molecule has 46 heavy (non-hydrogen) atoms. The van der Waals surface area contributed by atoms with Crippen molar-refractivity contribution in [3.05, 3.63) is 89.9 Å². The molecule has 5 nitrogen and oxygen atoms in total. The summed E-state index contributed by atoms with van der Waals surface area (Å²) < 4.78 is 9.30. The molecule has 0 fully saturated rings. The van der Waals surface area contributed by atoms with Crippen LogP contribution in [0.15, 0.2) is 77.3 Å². The van der Waals surface area contributed by atoms with E-state index in [-0.39, 0.29) is 5.41 Å². The Kier molecular flexibility index (Phi) is 7.02. The Morgan fingerprint density at radius 2 is 1.43 bits per heavy atom. The van der Waals surface area contributed by atoms with Gasteiger partial charge in [0.15, 0.2) is 5.58 Å². The predicted molar refractivity (Wildman–Crippen MR) is 197 cm³/mol. The Hall–Kier alpha value is -4.29. The number of rotatable bonds is 5. The van der Waals surface area contributed by atoms with Crippen molar-refractivity contribution < 1.29 is 4.42 Å².